The van der Waals surface area contributed by atoms with Crippen LogP contribution in [0.3, 0.4) is 0 Å². The molecule has 1 aromatic heterocycles. The molecule has 5 nitrogen and oxygen atoms in total. The minimum Gasteiger partial charge on any atom is -0.452 e. The molecule has 0 aliphatic rings. The van der Waals surface area contributed by atoms with Gasteiger partial charge in [-0.2, -0.15) is 0 Å². The summed E-state index contributed by atoms with van der Waals surface area (Å²) in [5.74, 6) is -0.266. The number of carbonyl (C=O) groups excluding carboxylic acids is 2. The number of hydrogen-bond donors (Lipinski definition) is 1. The van der Waals surface area contributed by atoms with Crippen molar-refractivity contribution in [2.75, 3.05) is 24.4 Å². The number of methoxy groups -OCH3 is 1. The number of halogens is 1. The molecule has 3 rings (SSSR count). The van der Waals surface area contributed by atoms with Crippen LogP contribution < -0.4 is 10.2 Å². The lowest BCUT2D eigenvalue weighted by Gasteiger charge is -2.15. The molecule has 27 heavy (non-hydrogen) atoms. The van der Waals surface area contributed by atoms with Gasteiger partial charge >= 0.3 is 6.09 Å². The molecule has 138 valence electrons. The number of thiophene rings is 1. The standard InChI is InChI=1S/C20H17ClN2O3S/c1-23(20(25)26-2)14-9-7-13(8-10-14)22-18(24)12-11-17-19(21)15-5-3-4-6-16(15)27-17/h3-12H,1-2H3,(H,22,24)/b12-11+. The SMILES string of the molecule is COC(=O)N(C)c1ccc(NC(=O)/C=C/c2sc3ccccc3c2Cl)cc1. The van der Waals surface area contributed by atoms with Crippen molar-refractivity contribution < 1.29 is 14.3 Å². The molecule has 0 fully saturated rings. The van der Waals surface area contributed by atoms with Crippen LogP contribution in [0.15, 0.2) is 54.6 Å². The van der Waals surface area contributed by atoms with Gasteiger partial charge in [-0.05, 0) is 36.4 Å². The summed E-state index contributed by atoms with van der Waals surface area (Å²) in [6.45, 7) is 0. The number of nitrogens with one attached hydrogen (secondary N) is 1. The van der Waals surface area contributed by atoms with E-state index in [1.807, 2.05) is 24.3 Å². The average molecular weight is 401 g/mol. The summed E-state index contributed by atoms with van der Waals surface area (Å²) in [6.07, 6.45) is 2.70. The van der Waals surface area contributed by atoms with Crippen molar-refractivity contribution >= 4 is 62.5 Å². The lowest BCUT2D eigenvalue weighted by molar-refractivity contribution is -0.111. The molecule has 0 unspecified atom stereocenters. The first kappa shape index (κ1) is 18.9. The van der Waals surface area contributed by atoms with Gasteiger partial charge in [-0.3, -0.25) is 9.69 Å². The molecule has 0 atom stereocenters. The van der Waals surface area contributed by atoms with Crippen molar-refractivity contribution in [3.05, 3.63) is 64.5 Å². The van der Waals surface area contributed by atoms with Gasteiger partial charge in [0.1, 0.15) is 0 Å². The lowest BCUT2D eigenvalue weighted by atomic mass is 10.2. The van der Waals surface area contributed by atoms with E-state index in [2.05, 4.69) is 10.1 Å². The summed E-state index contributed by atoms with van der Waals surface area (Å²) in [6, 6.07) is 14.7. The van der Waals surface area contributed by atoms with E-state index in [9.17, 15) is 9.59 Å². The Morgan fingerprint density at radius 3 is 2.52 bits per heavy atom. The Bertz CT molecular complexity index is 1010. The van der Waals surface area contributed by atoms with Crippen LogP contribution in [0.2, 0.25) is 5.02 Å². The molecule has 0 saturated carbocycles. The maximum Gasteiger partial charge on any atom is 0.413 e. The van der Waals surface area contributed by atoms with E-state index >= 15 is 0 Å². The van der Waals surface area contributed by atoms with E-state index in [0.717, 1.165) is 15.0 Å². The van der Waals surface area contributed by atoms with Gasteiger partial charge in [-0.15, -0.1) is 11.3 Å². The van der Waals surface area contributed by atoms with Crippen LogP contribution in [0.1, 0.15) is 4.88 Å². The van der Waals surface area contributed by atoms with Crippen molar-refractivity contribution in [1.82, 2.24) is 0 Å². The van der Waals surface area contributed by atoms with Crippen LogP contribution in [0.4, 0.5) is 16.2 Å². The summed E-state index contributed by atoms with van der Waals surface area (Å²) in [4.78, 5) is 25.9. The van der Waals surface area contributed by atoms with E-state index in [0.29, 0.717) is 16.4 Å². The molecule has 0 aliphatic heterocycles. The molecule has 1 N–H and O–H groups in total. The van der Waals surface area contributed by atoms with Gasteiger partial charge in [-0.1, -0.05) is 29.8 Å². The number of hydrogen-bond acceptors (Lipinski definition) is 4. The fourth-order valence-corrected chi connectivity index (χ4v) is 3.88. The van der Waals surface area contributed by atoms with Gasteiger partial charge in [0.25, 0.3) is 0 Å². The van der Waals surface area contributed by atoms with Crippen LogP contribution in [-0.4, -0.2) is 26.2 Å². The Kier molecular flexibility index (Phi) is 5.78. The van der Waals surface area contributed by atoms with Gasteiger partial charge in [-0.25, -0.2) is 4.79 Å². The highest BCUT2D eigenvalue weighted by molar-refractivity contribution is 7.20. The van der Waals surface area contributed by atoms with Crippen molar-refractivity contribution in [3.63, 3.8) is 0 Å². The van der Waals surface area contributed by atoms with E-state index in [-0.39, 0.29) is 5.91 Å². The Labute approximate surface area is 165 Å². The van der Waals surface area contributed by atoms with Crippen LogP contribution >= 0.6 is 22.9 Å². The minimum atomic E-state index is -0.463. The topological polar surface area (TPSA) is 58.6 Å². The molecule has 0 bridgehead atoms. The Balaban J connectivity index is 1.67. The third kappa shape index (κ3) is 4.30. The molecule has 7 heteroatoms. The predicted octanol–water partition coefficient (Wildman–Crippen LogP) is 5.41. The highest BCUT2D eigenvalue weighted by Crippen LogP contribution is 2.35. The van der Waals surface area contributed by atoms with Crippen molar-refractivity contribution in [2.45, 2.75) is 0 Å². The monoisotopic (exact) mass is 400 g/mol. The lowest BCUT2D eigenvalue weighted by Crippen LogP contribution is -2.25. The van der Waals surface area contributed by atoms with Crippen molar-refractivity contribution in [3.8, 4) is 0 Å². The number of anilines is 2. The third-order valence-corrected chi connectivity index (χ3v) is 5.57. The second kappa shape index (κ2) is 8.24. The zero-order valence-electron chi connectivity index (χ0n) is 14.7. The largest absolute Gasteiger partial charge is 0.452 e. The average Bonchev–Trinajstić information content (AvgIpc) is 3.02. The Morgan fingerprint density at radius 2 is 1.85 bits per heavy atom. The van der Waals surface area contributed by atoms with Gasteiger partial charge in [0, 0.05) is 39.5 Å². The second-order valence-electron chi connectivity index (χ2n) is 5.67. The molecule has 0 radical (unpaired) electrons. The molecule has 0 spiro atoms. The van der Waals surface area contributed by atoms with Gasteiger partial charge < -0.3 is 10.1 Å². The summed E-state index contributed by atoms with van der Waals surface area (Å²) in [7, 11) is 2.93. The molecular weight excluding hydrogens is 384 g/mol. The van der Waals surface area contributed by atoms with E-state index in [1.165, 1.54) is 29.4 Å². The number of rotatable bonds is 4. The number of carbonyl (C=O) groups is 2. The van der Waals surface area contributed by atoms with E-state index in [4.69, 9.17) is 11.6 Å². The van der Waals surface area contributed by atoms with E-state index in [1.54, 1.807) is 37.4 Å². The summed E-state index contributed by atoms with van der Waals surface area (Å²) >= 11 is 7.90. The molecule has 2 amide bonds. The minimum absolute atomic E-state index is 0.266. The Morgan fingerprint density at radius 1 is 1.15 bits per heavy atom. The number of amides is 2. The van der Waals surface area contributed by atoms with Crippen LogP contribution in [-0.2, 0) is 9.53 Å². The molecule has 2 aromatic carbocycles. The quantitative estimate of drug-likeness (QED) is 0.596. The van der Waals surface area contributed by atoms with Crippen molar-refractivity contribution in [1.29, 1.82) is 0 Å². The van der Waals surface area contributed by atoms with Crippen LogP contribution in [0, 0.1) is 0 Å². The van der Waals surface area contributed by atoms with Crippen molar-refractivity contribution in [2.24, 2.45) is 0 Å². The van der Waals surface area contributed by atoms with Gasteiger partial charge in [0.15, 0.2) is 0 Å². The summed E-state index contributed by atoms with van der Waals surface area (Å²) < 4.78 is 5.74. The van der Waals surface area contributed by atoms with E-state index < -0.39 is 6.09 Å². The molecular formula is C20H17ClN2O3S. The van der Waals surface area contributed by atoms with Gasteiger partial charge in [0.2, 0.25) is 5.91 Å². The normalized spacial score (nSPS) is 10.9. The fourth-order valence-electron chi connectivity index (χ4n) is 2.49. The highest BCUT2D eigenvalue weighted by atomic mass is 35.5. The highest BCUT2D eigenvalue weighted by Gasteiger charge is 2.11. The zero-order chi connectivity index (χ0) is 19.4. The maximum atomic E-state index is 12.2. The number of fused-ring (bicyclic) bond motifs is 1. The first-order valence-electron chi connectivity index (χ1n) is 8.07. The van der Waals surface area contributed by atoms with Crippen LogP contribution in [0.5, 0.6) is 0 Å². The third-order valence-electron chi connectivity index (χ3n) is 3.92. The predicted molar refractivity (Wildman–Crippen MR) is 112 cm³/mol. The number of benzene rings is 2. The van der Waals surface area contributed by atoms with Gasteiger partial charge in [0.05, 0.1) is 12.1 Å². The summed E-state index contributed by atoms with van der Waals surface area (Å²) in [5.41, 5.74) is 1.28. The Hall–Kier alpha value is -2.83. The maximum absolute atomic E-state index is 12.2. The first-order chi connectivity index (χ1) is 13.0. The molecule has 0 saturated heterocycles. The summed E-state index contributed by atoms with van der Waals surface area (Å²) in [5, 5.41) is 4.40. The molecule has 0 aliphatic carbocycles. The smallest absolute Gasteiger partial charge is 0.413 e. The zero-order valence-corrected chi connectivity index (χ0v) is 16.3. The number of ether oxygens (including phenoxy) is 1. The molecule has 1 heterocycles. The first-order valence-corrected chi connectivity index (χ1v) is 9.27. The van der Waals surface area contributed by atoms with Crippen LogP contribution in [0.25, 0.3) is 16.2 Å². The number of nitrogens with zero attached hydrogens (tertiary/aromatic N) is 1. The fraction of sp³-hybridized carbons (Fsp3) is 0.100. The molecule has 3 aromatic rings. The second-order valence-corrected chi connectivity index (χ2v) is 7.14.